The maximum atomic E-state index is 14.0. The van der Waals surface area contributed by atoms with E-state index in [1.165, 1.54) is 19.2 Å². The van der Waals surface area contributed by atoms with Crippen molar-refractivity contribution >= 4 is 11.7 Å². The predicted octanol–water partition coefficient (Wildman–Crippen LogP) is 2.64. The van der Waals surface area contributed by atoms with Gasteiger partial charge in [-0.3, -0.25) is 4.90 Å². The number of carbonyl (C=O) groups is 1. The standard InChI is InChI=1S/C19H21FN2O3/c1-25-19(24)15-7-6-14(12-16(15)20)13-21-8-10-22(11-9-21)17-4-2-3-5-18(17)23/h2-7,12,23H,8-11,13H2,1H3. The Bertz CT molecular complexity index is 758. The van der Waals surface area contributed by atoms with Crippen molar-refractivity contribution in [1.82, 2.24) is 4.90 Å². The van der Waals surface area contributed by atoms with Crippen molar-refractivity contribution in [3.05, 3.63) is 59.4 Å². The molecule has 0 saturated carbocycles. The van der Waals surface area contributed by atoms with Gasteiger partial charge in [-0.05, 0) is 29.8 Å². The lowest BCUT2D eigenvalue weighted by Gasteiger charge is -2.36. The zero-order valence-corrected chi connectivity index (χ0v) is 14.1. The molecule has 1 fully saturated rings. The molecule has 1 heterocycles. The number of methoxy groups -OCH3 is 1. The SMILES string of the molecule is COC(=O)c1ccc(CN2CCN(c3ccccc3O)CC2)cc1F. The summed E-state index contributed by atoms with van der Waals surface area (Å²) in [4.78, 5) is 15.8. The molecule has 5 nitrogen and oxygen atoms in total. The Balaban J connectivity index is 1.60. The van der Waals surface area contributed by atoms with Crippen LogP contribution in [-0.2, 0) is 11.3 Å². The summed E-state index contributed by atoms with van der Waals surface area (Å²) in [5.41, 5.74) is 1.62. The van der Waals surface area contributed by atoms with E-state index in [1.54, 1.807) is 12.1 Å². The second-order valence-corrected chi connectivity index (χ2v) is 6.06. The first kappa shape index (κ1) is 17.2. The molecule has 0 aromatic heterocycles. The summed E-state index contributed by atoms with van der Waals surface area (Å²) in [7, 11) is 1.24. The summed E-state index contributed by atoms with van der Waals surface area (Å²) in [5.74, 6) is -0.936. The molecular formula is C19H21FN2O3. The fraction of sp³-hybridized carbons (Fsp3) is 0.316. The van der Waals surface area contributed by atoms with Gasteiger partial charge in [0, 0.05) is 32.7 Å². The van der Waals surface area contributed by atoms with Gasteiger partial charge in [-0.25, -0.2) is 9.18 Å². The van der Waals surface area contributed by atoms with E-state index in [2.05, 4.69) is 14.5 Å². The van der Waals surface area contributed by atoms with Crippen LogP contribution >= 0.6 is 0 Å². The quantitative estimate of drug-likeness (QED) is 0.864. The number of ether oxygens (including phenoxy) is 1. The molecule has 0 amide bonds. The molecule has 1 aliphatic rings. The molecule has 1 saturated heterocycles. The minimum Gasteiger partial charge on any atom is -0.506 e. The van der Waals surface area contributed by atoms with Crippen LogP contribution in [0.2, 0.25) is 0 Å². The van der Waals surface area contributed by atoms with Crippen molar-refractivity contribution in [3.8, 4) is 5.75 Å². The molecule has 2 aromatic carbocycles. The third-order valence-electron chi connectivity index (χ3n) is 4.44. The van der Waals surface area contributed by atoms with Crippen LogP contribution in [0, 0.1) is 5.82 Å². The van der Waals surface area contributed by atoms with Gasteiger partial charge in [0.1, 0.15) is 11.6 Å². The number of hydrogen-bond acceptors (Lipinski definition) is 5. The fourth-order valence-electron chi connectivity index (χ4n) is 3.07. The Morgan fingerprint density at radius 2 is 1.88 bits per heavy atom. The van der Waals surface area contributed by atoms with Gasteiger partial charge in [-0.15, -0.1) is 0 Å². The molecule has 2 aromatic rings. The average molecular weight is 344 g/mol. The van der Waals surface area contributed by atoms with E-state index < -0.39 is 11.8 Å². The number of esters is 1. The van der Waals surface area contributed by atoms with Crippen molar-refractivity contribution in [3.63, 3.8) is 0 Å². The van der Waals surface area contributed by atoms with E-state index in [4.69, 9.17) is 0 Å². The second kappa shape index (κ2) is 7.53. The summed E-state index contributed by atoms with van der Waals surface area (Å²) >= 11 is 0. The van der Waals surface area contributed by atoms with Crippen LogP contribution in [0.5, 0.6) is 5.75 Å². The molecular weight excluding hydrogens is 323 g/mol. The normalized spacial score (nSPS) is 15.2. The second-order valence-electron chi connectivity index (χ2n) is 6.06. The lowest BCUT2D eigenvalue weighted by atomic mass is 10.1. The average Bonchev–Trinajstić information content (AvgIpc) is 2.62. The van der Waals surface area contributed by atoms with Gasteiger partial charge in [-0.1, -0.05) is 18.2 Å². The van der Waals surface area contributed by atoms with Crippen LogP contribution < -0.4 is 4.90 Å². The number of hydrogen-bond donors (Lipinski definition) is 1. The molecule has 0 aliphatic carbocycles. The Morgan fingerprint density at radius 3 is 2.52 bits per heavy atom. The minimum atomic E-state index is -0.666. The van der Waals surface area contributed by atoms with E-state index in [9.17, 15) is 14.3 Å². The zero-order valence-electron chi connectivity index (χ0n) is 14.1. The summed E-state index contributed by atoms with van der Waals surface area (Å²) in [6.45, 7) is 3.83. The largest absolute Gasteiger partial charge is 0.506 e. The number of carbonyl (C=O) groups excluding carboxylic acids is 1. The predicted molar refractivity (Wildman–Crippen MR) is 93.3 cm³/mol. The van der Waals surface area contributed by atoms with Crippen LogP contribution in [-0.4, -0.2) is 49.3 Å². The number of aromatic hydroxyl groups is 1. The molecule has 6 heteroatoms. The van der Waals surface area contributed by atoms with E-state index in [0.717, 1.165) is 37.4 Å². The summed E-state index contributed by atoms with van der Waals surface area (Å²) in [5, 5.41) is 9.95. The Labute approximate surface area is 146 Å². The lowest BCUT2D eigenvalue weighted by molar-refractivity contribution is 0.0595. The molecule has 132 valence electrons. The summed E-state index contributed by atoms with van der Waals surface area (Å²) < 4.78 is 18.6. The van der Waals surface area contributed by atoms with Gasteiger partial charge in [0.2, 0.25) is 0 Å². The van der Waals surface area contributed by atoms with Gasteiger partial charge in [0.25, 0.3) is 0 Å². The van der Waals surface area contributed by atoms with Crippen molar-refractivity contribution in [2.24, 2.45) is 0 Å². The van der Waals surface area contributed by atoms with Gasteiger partial charge in [0.15, 0.2) is 0 Å². The van der Waals surface area contributed by atoms with E-state index in [0.29, 0.717) is 6.54 Å². The van der Waals surface area contributed by atoms with Gasteiger partial charge >= 0.3 is 5.97 Å². The first-order chi connectivity index (χ1) is 12.1. The van der Waals surface area contributed by atoms with E-state index >= 15 is 0 Å². The van der Waals surface area contributed by atoms with Crippen molar-refractivity contribution < 1.29 is 19.0 Å². The Kier molecular flexibility index (Phi) is 5.19. The zero-order chi connectivity index (χ0) is 17.8. The van der Waals surface area contributed by atoms with Gasteiger partial charge in [0.05, 0.1) is 18.4 Å². The van der Waals surface area contributed by atoms with E-state index in [1.807, 2.05) is 18.2 Å². The third kappa shape index (κ3) is 3.91. The molecule has 0 atom stereocenters. The number of para-hydroxylation sites is 2. The van der Waals surface area contributed by atoms with Crippen molar-refractivity contribution in [2.45, 2.75) is 6.54 Å². The minimum absolute atomic E-state index is 0.0457. The maximum absolute atomic E-state index is 14.0. The first-order valence-electron chi connectivity index (χ1n) is 8.20. The lowest BCUT2D eigenvalue weighted by Crippen LogP contribution is -2.46. The third-order valence-corrected chi connectivity index (χ3v) is 4.44. The highest BCUT2D eigenvalue weighted by molar-refractivity contribution is 5.89. The Morgan fingerprint density at radius 1 is 1.16 bits per heavy atom. The van der Waals surface area contributed by atoms with Crippen LogP contribution in [0.25, 0.3) is 0 Å². The molecule has 0 unspecified atom stereocenters. The monoisotopic (exact) mass is 344 g/mol. The van der Waals surface area contributed by atoms with Gasteiger partial charge < -0.3 is 14.7 Å². The number of anilines is 1. The fourth-order valence-corrected chi connectivity index (χ4v) is 3.07. The molecule has 1 N–H and O–H groups in total. The van der Waals surface area contributed by atoms with Crippen molar-refractivity contribution in [2.75, 3.05) is 38.2 Å². The first-order valence-corrected chi connectivity index (χ1v) is 8.20. The smallest absolute Gasteiger partial charge is 0.340 e. The molecule has 0 spiro atoms. The highest BCUT2D eigenvalue weighted by atomic mass is 19.1. The number of benzene rings is 2. The van der Waals surface area contributed by atoms with Crippen LogP contribution in [0.4, 0.5) is 10.1 Å². The molecule has 1 aliphatic heterocycles. The molecule has 3 rings (SSSR count). The van der Waals surface area contributed by atoms with Crippen LogP contribution in [0.3, 0.4) is 0 Å². The number of rotatable bonds is 4. The van der Waals surface area contributed by atoms with Gasteiger partial charge in [-0.2, -0.15) is 0 Å². The number of phenolic OH excluding ortho intramolecular Hbond substituents is 1. The highest BCUT2D eigenvalue weighted by Gasteiger charge is 2.20. The molecule has 0 radical (unpaired) electrons. The van der Waals surface area contributed by atoms with Crippen LogP contribution in [0.15, 0.2) is 42.5 Å². The number of phenols is 1. The topological polar surface area (TPSA) is 53.0 Å². The number of nitrogens with zero attached hydrogens (tertiary/aromatic N) is 2. The maximum Gasteiger partial charge on any atom is 0.340 e. The van der Waals surface area contributed by atoms with E-state index in [-0.39, 0.29) is 11.3 Å². The summed E-state index contributed by atoms with van der Waals surface area (Å²) in [6, 6.07) is 11.9. The van der Waals surface area contributed by atoms with Crippen molar-refractivity contribution in [1.29, 1.82) is 0 Å². The highest BCUT2D eigenvalue weighted by Crippen LogP contribution is 2.27. The Hall–Kier alpha value is -2.60. The molecule has 0 bridgehead atoms. The number of halogens is 1. The summed E-state index contributed by atoms with van der Waals surface area (Å²) in [6.07, 6.45) is 0. The molecule has 25 heavy (non-hydrogen) atoms. The van der Waals surface area contributed by atoms with Crippen LogP contribution in [0.1, 0.15) is 15.9 Å². The number of piperazine rings is 1.